The van der Waals surface area contributed by atoms with E-state index in [2.05, 4.69) is 15.7 Å². The largest absolute Gasteiger partial charge is 0.335 e. The van der Waals surface area contributed by atoms with Crippen LogP contribution in [-0.2, 0) is 13.0 Å². The Bertz CT molecular complexity index is 204. The SMILES string of the molecule is CC.Cc1cn2c(n1)CCC2. The van der Waals surface area contributed by atoms with Crippen LogP contribution >= 0.6 is 0 Å². The summed E-state index contributed by atoms with van der Waals surface area (Å²) in [7, 11) is 0. The number of nitrogens with zero attached hydrogens (tertiary/aromatic N) is 2. The molecule has 1 aromatic heterocycles. The number of hydrogen-bond donors (Lipinski definition) is 0. The zero-order chi connectivity index (χ0) is 8.27. The Balaban J connectivity index is 0.000000281. The zero-order valence-electron chi connectivity index (χ0n) is 7.59. The molecule has 0 bridgehead atoms. The van der Waals surface area contributed by atoms with Gasteiger partial charge in [0.05, 0.1) is 5.69 Å². The molecule has 0 aliphatic carbocycles. The molecule has 0 atom stereocenters. The minimum absolute atomic E-state index is 1.16. The Labute approximate surface area is 68.3 Å². The molecule has 0 aromatic carbocycles. The van der Waals surface area contributed by atoms with Crippen molar-refractivity contribution in [1.29, 1.82) is 0 Å². The maximum atomic E-state index is 4.35. The van der Waals surface area contributed by atoms with E-state index in [4.69, 9.17) is 0 Å². The molecule has 2 nitrogen and oxygen atoms in total. The molecule has 0 radical (unpaired) electrons. The highest BCUT2D eigenvalue weighted by molar-refractivity contribution is 5.04. The van der Waals surface area contributed by atoms with Gasteiger partial charge in [-0.25, -0.2) is 4.98 Å². The molecule has 0 N–H and O–H groups in total. The molecule has 1 aliphatic heterocycles. The number of imidazole rings is 1. The molecule has 62 valence electrons. The molecule has 0 saturated heterocycles. The van der Waals surface area contributed by atoms with E-state index in [0.717, 1.165) is 5.69 Å². The smallest absolute Gasteiger partial charge is 0.109 e. The van der Waals surface area contributed by atoms with Gasteiger partial charge in [-0.1, -0.05) is 13.8 Å². The third-order valence-electron chi connectivity index (χ3n) is 1.78. The van der Waals surface area contributed by atoms with E-state index in [1.807, 2.05) is 20.8 Å². The van der Waals surface area contributed by atoms with Gasteiger partial charge in [0.1, 0.15) is 5.82 Å². The Kier molecular flexibility index (Phi) is 2.69. The van der Waals surface area contributed by atoms with Gasteiger partial charge in [-0.15, -0.1) is 0 Å². The van der Waals surface area contributed by atoms with Gasteiger partial charge in [0.15, 0.2) is 0 Å². The number of aromatic nitrogens is 2. The number of aryl methyl sites for hydroxylation is 3. The summed E-state index contributed by atoms with van der Waals surface area (Å²) >= 11 is 0. The van der Waals surface area contributed by atoms with Crippen molar-refractivity contribution in [2.45, 2.75) is 40.2 Å². The van der Waals surface area contributed by atoms with Crippen LogP contribution in [0.25, 0.3) is 0 Å². The predicted octanol–water partition coefficient (Wildman–Crippen LogP) is 2.16. The summed E-state index contributed by atoms with van der Waals surface area (Å²) in [6, 6.07) is 0. The molecule has 2 rings (SSSR count). The second-order valence-corrected chi connectivity index (χ2v) is 2.60. The standard InChI is InChI=1S/C7H10N2.C2H6/c1-6-5-9-4-2-3-7(9)8-6;1-2/h5H,2-4H2,1H3;1-2H3. The van der Waals surface area contributed by atoms with E-state index in [9.17, 15) is 0 Å². The first-order chi connectivity index (χ1) is 5.36. The van der Waals surface area contributed by atoms with Gasteiger partial charge in [-0.3, -0.25) is 0 Å². The van der Waals surface area contributed by atoms with E-state index in [0.29, 0.717) is 0 Å². The fraction of sp³-hybridized carbons (Fsp3) is 0.667. The van der Waals surface area contributed by atoms with Gasteiger partial charge in [-0.2, -0.15) is 0 Å². The normalized spacial score (nSPS) is 13.7. The molecular weight excluding hydrogens is 136 g/mol. The summed E-state index contributed by atoms with van der Waals surface area (Å²) in [4.78, 5) is 4.35. The Morgan fingerprint density at radius 3 is 2.82 bits per heavy atom. The van der Waals surface area contributed by atoms with E-state index in [1.165, 1.54) is 25.2 Å². The van der Waals surface area contributed by atoms with E-state index in [-0.39, 0.29) is 0 Å². The second kappa shape index (κ2) is 3.56. The topological polar surface area (TPSA) is 17.8 Å². The van der Waals surface area contributed by atoms with Gasteiger partial charge in [-0.05, 0) is 13.3 Å². The Hall–Kier alpha value is -0.790. The fourth-order valence-electron chi connectivity index (χ4n) is 1.40. The van der Waals surface area contributed by atoms with Crippen molar-refractivity contribution in [2.24, 2.45) is 0 Å². The van der Waals surface area contributed by atoms with Crippen LogP contribution in [0.5, 0.6) is 0 Å². The molecule has 1 aromatic rings. The summed E-state index contributed by atoms with van der Waals surface area (Å²) in [5, 5.41) is 0. The molecule has 2 heteroatoms. The van der Waals surface area contributed by atoms with Crippen LogP contribution in [0.3, 0.4) is 0 Å². The van der Waals surface area contributed by atoms with Crippen molar-refractivity contribution in [3.8, 4) is 0 Å². The zero-order valence-corrected chi connectivity index (χ0v) is 7.59. The minimum Gasteiger partial charge on any atom is -0.335 e. The maximum absolute atomic E-state index is 4.35. The van der Waals surface area contributed by atoms with Crippen LogP contribution in [0.2, 0.25) is 0 Å². The van der Waals surface area contributed by atoms with Gasteiger partial charge >= 0.3 is 0 Å². The molecule has 0 amide bonds. The van der Waals surface area contributed by atoms with Gasteiger partial charge < -0.3 is 4.57 Å². The van der Waals surface area contributed by atoms with Gasteiger partial charge in [0.25, 0.3) is 0 Å². The predicted molar refractivity (Wildman–Crippen MR) is 46.6 cm³/mol. The van der Waals surface area contributed by atoms with E-state index >= 15 is 0 Å². The molecule has 11 heavy (non-hydrogen) atoms. The highest BCUT2D eigenvalue weighted by Gasteiger charge is 2.10. The van der Waals surface area contributed by atoms with Crippen molar-refractivity contribution in [2.75, 3.05) is 0 Å². The van der Waals surface area contributed by atoms with Gasteiger partial charge in [0, 0.05) is 19.2 Å². The summed E-state index contributed by atoms with van der Waals surface area (Å²) in [5.74, 6) is 1.27. The molecular formula is C9H16N2. The minimum atomic E-state index is 1.16. The molecule has 2 heterocycles. The number of hydrogen-bond acceptors (Lipinski definition) is 1. The first-order valence-electron chi connectivity index (χ1n) is 4.39. The second-order valence-electron chi connectivity index (χ2n) is 2.60. The monoisotopic (exact) mass is 152 g/mol. The summed E-state index contributed by atoms with van der Waals surface area (Å²) in [5.41, 5.74) is 1.16. The Morgan fingerprint density at radius 2 is 2.18 bits per heavy atom. The first-order valence-corrected chi connectivity index (χ1v) is 4.39. The summed E-state index contributed by atoms with van der Waals surface area (Å²) < 4.78 is 2.25. The molecule has 0 fully saturated rings. The van der Waals surface area contributed by atoms with Crippen LogP contribution < -0.4 is 0 Å². The van der Waals surface area contributed by atoms with Crippen LogP contribution in [-0.4, -0.2) is 9.55 Å². The first kappa shape index (κ1) is 8.31. The third-order valence-corrected chi connectivity index (χ3v) is 1.78. The lowest BCUT2D eigenvalue weighted by Gasteiger charge is -1.88. The Morgan fingerprint density at radius 1 is 1.45 bits per heavy atom. The van der Waals surface area contributed by atoms with Crippen LogP contribution in [0.4, 0.5) is 0 Å². The highest BCUT2D eigenvalue weighted by atomic mass is 15.1. The van der Waals surface area contributed by atoms with Crippen molar-refractivity contribution in [1.82, 2.24) is 9.55 Å². The lowest BCUT2D eigenvalue weighted by Crippen LogP contribution is -1.87. The van der Waals surface area contributed by atoms with Gasteiger partial charge in [0.2, 0.25) is 0 Å². The number of fused-ring (bicyclic) bond motifs is 1. The van der Waals surface area contributed by atoms with Crippen molar-refractivity contribution in [3.05, 3.63) is 17.7 Å². The lowest BCUT2D eigenvalue weighted by atomic mass is 10.4. The summed E-state index contributed by atoms with van der Waals surface area (Å²) in [6.07, 6.45) is 4.58. The molecule has 0 spiro atoms. The average Bonchev–Trinajstić information content (AvgIpc) is 2.51. The third kappa shape index (κ3) is 1.62. The molecule has 1 aliphatic rings. The molecule has 0 saturated carbocycles. The summed E-state index contributed by atoms with van der Waals surface area (Å²) in [6.45, 7) is 7.22. The lowest BCUT2D eigenvalue weighted by molar-refractivity contribution is 0.748. The van der Waals surface area contributed by atoms with Crippen molar-refractivity contribution < 1.29 is 0 Å². The van der Waals surface area contributed by atoms with Crippen molar-refractivity contribution in [3.63, 3.8) is 0 Å². The highest BCUT2D eigenvalue weighted by Crippen LogP contribution is 2.12. The average molecular weight is 152 g/mol. The number of rotatable bonds is 0. The van der Waals surface area contributed by atoms with Crippen LogP contribution in [0.15, 0.2) is 6.20 Å². The molecule has 0 unspecified atom stereocenters. The van der Waals surface area contributed by atoms with E-state index in [1.54, 1.807) is 0 Å². The van der Waals surface area contributed by atoms with E-state index < -0.39 is 0 Å². The quantitative estimate of drug-likeness (QED) is 0.557. The van der Waals surface area contributed by atoms with Crippen LogP contribution in [0, 0.1) is 6.92 Å². The fourth-order valence-corrected chi connectivity index (χ4v) is 1.40. The maximum Gasteiger partial charge on any atom is 0.109 e. The van der Waals surface area contributed by atoms with Crippen LogP contribution in [0.1, 0.15) is 31.8 Å². The van der Waals surface area contributed by atoms with Crippen molar-refractivity contribution >= 4 is 0 Å².